The van der Waals surface area contributed by atoms with Crippen LogP contribution in [0.2, 0.25) is 0 Å². The minimum Gasteiger partial charge on any atom is -0.508 e. The number of nitrogens with one attached hydrogen (secondary N) is 1. The molecular formula is C45H48FN5O6. The summed E-state index contributed by atoms with van der Waals surface area (Å²) in [5.74, 6) is 0.760. The number of phenolic OH excluding ortho intramolecular Hbond substituents is 1. The van der Waals surface area contributed by atoms with Crippen molar-refractivity contribution in [2.75, 3.05) is 69.3 Å². The van der Waals surface area contributed by atoms with Gasteiger partial charge >= 0.3 is 0 Å². The fourth-order valence-electron chi connectivity index (χ4n) is 9.61. The van der Waals surface area contributed by atoms with Gasteiger partial charge in [-0.1, -0.05) is 24.3 Å². The third-order valence-electron chi connectivity index (χ3n) is 12.7. The SMILES string of the molecule is COc1cccc([C@H]2COc3cc(O)ccc3[C@H]2c2ccc(N3CCC(CN4CCN(c5ccc6c(c5)CN([C@H]5CCC(=O)NC5=O)C6=O)CC4)CC3)c(F)c2)c1. The van der Waals surface area contributed by atoms with E-state index in [9.17, 15) is 19.5 Å². The number of ether oxygens (including phenoxy) is 2. The predicted molar refractivity (Wildman–Crippen MR) is 214 cm³/mol. The van der Waals surface area contributed by atoms with Crippen LogP contribution < -0.4 is 24.6 Å². The van der Waals surface area contributed by atoms with Crippen molar-refractivity contribution in [2.24, 2.45) is 5.92 Å². The molecule has 0 spiro atoms. The van der Waals surface area contributed by atoms with Crippen LogP contribution in [0, 0.1) is 11.7 Å². The Hall–Kier alpha value is -5.62. The molecule has 0 radical (unpaired) electrons. The largest absolute Gasteiger partial charge is 0.508 e. The number of rotatable bonds is 8. The molecule has 5 aliphatic heterocycles. The van der Waals surface area contributed by atoms with Gasteiger partial charge in [-0.25, -0.2) is 4.39 Å². The highest BCUT2D eigenvalue weighted by atomic mass is 19.1. The maximum Gasteiger partial charge on any atom is 0.255 e. The monoisotopic (exact) mass is 773 g/mol. The van der Waals surface area contributed by atoms with Crippen molar-refractivity contribution in [3.8, 4) is 17.2 Å². The van der Waals surface area contributed by atoms with Gasteiger partial charge in [0, 0.05) is 93.5 Å². The molecule has 296 valence electrons. The minimum absolute atomic E-state index is 0.0723. The standard InChI is InChI=1S/C45H48FN5O6/c1-56-34-4-2-3-29(22-34)37-27-57-41-24-33(52)7-9-36(41)43(37)30-5-10-39(38(46)23-30)50-15-13-28(14-16-50)25-48-17-19-49(20-18-48)32-6-8-35-31(21-32)26-51(45(35)55)40-11-12-42(53)47-44(40)54/h2-10,21-24,28,37,40,43,52H,11-20,25-27H2,1H3,(H,47,53,54)/t37-,40+,43-/m1/s1. The van der Waals surface area contributed by atoms with Crippen LogP contribution in [0.25, 0.3) is 0 Å². The van der Waals surface area contributed by atoms with Crippen molar-refractivity contribution in [3.05, 3.63) is 112 Å². The number of carbonyl (C=O) groups is 3. The van der Waals surface area contributed by atoms with E-state index in [4.69, 9.17) is 9.47 Å². The third-order valence-corrected chi connectivity index (χ3v) is 12.7. The lowest BCUT2D eigenvalue weighted by atomic mass is 9.75. The number of methoxy groups -OCH3 is 1. The third kappa shape index (κ3) is 7.27. The van der Waals surface area contributed by atoms with E-state index in [1.54, 1.807) is 30.2 Å². The van der Waals surface area contributed by atoms with Crippen molar-refractivity contribution >= 4 is 29.1 Å². The van der Waals surface area contributed by atoms with Gasteiger partial charge in [-0.15, -0.1) is 0 Å². The number of nitrogens with zero attached hydrogens (tertiary/aromatic N) is 4. The van der Waals surface area contributed by atoms with E-state index in [0.717, 1.165) is 92.3 Å². The van der Waals surface area contributed by atoms with Crippen LogP contribution >= 0.6 is 0 Å². The van der Waals surface area contributed by atoms with E-state index in [1.807, 2.05) is 42.5 Å². The predicted octanol–water partition coefficient (Wildman–Crippen LogP) is 5.65. The van der Waals surface area contributed by atoms with Crippen LogP contribution in [-0.4, -0.2) is 98.2 Å². The number of piperidine rings is 2. The highest BCUT2D eigenvalue weighted by Crippen LogP contribution is 2.48. The van der Waals surface area contributed by atoms with Crippen LogP contribution in [0.4, 0.5) is 15.8 Å². The average molecular weight is 774 g/mol. The molecule has 12 heteroatoms. The Morgan fingerprint density at radius 1 is 0.860 bits per heavy atom. The molecule has 3 saturated heterocycles. The maximum atomic E-state index is 16.2. The summed E-state index contributed by atoms with van der Waals surface area (Å²) in [5.41, 5.74) is 6.12. The van der Waals surface area contributed by atoms with E-state index in [-0.39, 0.29) is 41.6 Å². The van der Waals surface area contributed by atoms with Gasteiger partial charge in [0.05, 0.1) is 19.4 Å². The Kier molecular flexibility index (Phi) is 9.98. The Balaban J connectivity index is 0.802. The highest BCUT2D eigenvalue weighted by Gasteiger charge is 2.40. The first-order chi connectivity index (χ1) is 27.7. The van der Waals surface area contributed by atoms with Gasteiger partial charge in [0.1, 0.15) is 29.1 Å². The molecule has 57 heavy (non-hydrogen) atoms. The van der Waals surface area contributed by atoms with E-state index in [1.165, 1.54) is 0 Å². The molecule has 5 aliphatic rings. The molecule has 2 N–H and O–H groups in total. The van der Waals surface area contributed by atoms with E-state index in [0.29, 0.717) is 42.5 Å². The number of halogens is 1. The fraction of sp³-hybridized carbons (Fsp3) is 0.400. The quantitative estimate of drug-likeness (QED) is 0.220. The lowest BCUT2D eigenvalue weighted by molar-refractivity contribution is -0.136. The fourth-order valence-corrected chi connectivity index (χ4v) is 9.61. The zero-order chi connectivity index (χ0) is 39.2. The normalized spacial score (nSPS) is 22.9. The van der Waals surface area contributed by atoms with Gasteiger partial charge in [-0.3, -0.25) is 24.6 Å². The van der Waals surface area contributed by atoms with E-state index in [2.05, 4.69) is 38.2 Å². The number of imide groups is 1. The van der Waals surface area contributed by atoms with Crippen molar-refractivity contribution in [1.82, 2.24) is 15.1 Å². The molecular weight excluding hydrogens is 726 g/mol. The van der Waals surface area contributed by atoms with Crippen LogP contribution in [0.5, 0.6) is 17.2 Å². The summed E-state index contributed by atoms with van der Waals surface area (Å²) in [4.78, 5) is 45.9. The zero-order valence-electron chi connectivity index (χ0n) is 32.2. The van der Waals surface area contributed by atoms with Crippen molar-refractivity contribution in [2.45, 2.75) is 50.1 Å². The summed E-state index contributed by atoms with van der Waals surface area (Å²) in [6.07, 6.45) is 2.60. The van der Waals surface area contributed by atoms with Crippen molar-refractivity contribution in [1.29, 1.82) is 0 Å². The number of benzene rings is 4. The lowest BCUT2D eigenvalue weighted by Crippen LogP contribution is -2.52. The molecule has 4 aromatic rings. The molecule has 0 saturated carbocycles. The first-order valence-electron chi connectivity index (χ1n) is 20.1. The summed E-state index contributed by atoms with van der Waals surface area (Å²) in [6.45, 7) is 7.06. The first kappa shape index (κ1) is 37.0. The number of anilines is 2. The Labute approximate surface area is 331 Å². The van der Waals surface area contributed by atoms with Crippen molar-refractivity contribution in [3.63, 3.8) is 0 Å². The summed E-state index contributed by atoms with van der Waals surface area (Å²) in [5, 5.41) is 12.5. The molecule has 3 atom stereocenters. The van der Waals surface area contributed by atoms with Gasteiger partial charge in [0.15, 0.2) is 0 Å². The van der Waals surface area contributed by atoms with Crippen LogP contribution in [0.3, 0.4) is 0 Å². The molecule has 0 unspecified atom stereocenters. The number of amides is 3. The van der Waals surface area contributed by atoms with Gasteiger partial charge in [0.2, 0.25) is 11.8 Å². The second kappa shape index (κ2) is 15.4. The number of hydrogen-bond donors (Lipinski definition) is 2. The first-order valence-corrected chi connectivity index (χ1v) is 20.1. The van der Waals surface area contributed by atoms with Gasteiger partial charge in [0.25, 0.3) is 5.91 Å². The molecule has 11 nitrogen and oxygen atoms in total. The molecule has 3 amide bonds. The number of fused-ring (bicyclic) bond motifs is 2. The molecule has 5 heterocycles. The molecule has 0 bridgehead atoms. The second-order valence-electron chi connectivity index (χ2n) is 16.1. The number of aromatic hydroxyl groups is 1. The van der Waals surface area contributed by atoms with Gasteiger partial charge in [-0.2, -0.15) is 0 Å². The smallest absolute Gasteiger partial charge is 0.255 e. The number of phenols is 1. The summed E-state index contributed by atoms with van der Waals surface area (Å²) < 4.78 is 27.8. The lowest BCUT2D eigenvalue weighted by Gasteiger charge is -2.40. The average Bonchev–Trinajstić information content (AvgIpc) is 3.55. The zero-order valence-corrected chi connectivity index (χ0v) is 32.2. The number of carbonyl (C=O) groups excluding carboxylic acids is 3. The molecule has 0 aromatic heterocycles. The summed E-state index contributed by atoms with van der Waals surface area (Å²) in [6, 6.07) is 24.2. The Morgan fingerprint density at radius 3 is 2.46 bits per heavy atom. The van der Waals surface area contributed by atoms with Gasteiger partial charge in [-0.05, 0) is 90.4 Å². The van der Waals surface area contributed by atoms with E-state index < -0.39 is 11.9 Å². The molecule has 4 aromatic carbocycles. The van der Waals surface area contributed by atoms with Crippen LogP contribution in [0.1, 0.15) is 70.1 Å². The molecule has 3 fully saturated rings. The summed E-state index contributed by atoms with van der Waals surface area (Å²) in [7, 11) is 1.65. The van der Waals surface area contributed by atoms with Gasteiger partial charge < -0.3 is 29.3 Å². The maximum absolute atomic E-state index is 16.2. The van der Waals surface area contributed by atoms with Crippen LogP contribution in [-0.2, 0) is 16.1 Å². The molecule has 9 rings (SSSR count). The minimum atomic E-state index is -0.612. The summed E-state index contributed by atoms with van der Waals surface area (Å²) >= 11 is 0. The second-order valence-corrected chi connectivity index (χ2v) is 16.1. The molecule has 0 aliphatic carbocycles. The highest BCUT2D eigenvalue weighted by molar-refractivity contribution is 6.05. The number of piperazine rings is 1. The Morgan fingerprint density at radius 2 is 1.68 bits per heavy atom. The number of hydrogen-bond acceptors (Lipinski definition) is 9. The van der Waals surface area contributed by atoms with E-state index >= 15 is 4.39 Å². The van der Waals surface area contributed by atoms with Crippen molar-refractivity contribution < 1.29 is 33.4 Å². The Bertz CT molecular complexity index is 2200. The topological polar surface area (TPSA) is 115 Å². The van der Waals surface area contributed by atoms with Crippen LogP contribution in [0.15, 0.2) is 78.9 Å².